The summed E-state index contributed by atoms with van der Waals surface area (Å²) in [5.41, 5.74) is 1.75. The van der Waals surface area contributed by atoms with Crippen LogP contribution in [0.15, 0.2) is 30.5 Å². The number of fused-ring (bicyclic) bond motifs is 2. The van der Waals surface area contributed by atoms with Crippen molar-refractivity contribution < 1.29 is 4.79 Å². The Hall–Kier alpha value is -2.74. The Morgan fingerprint density at radius 1 is 1.33 bits per heavy atom. The number of hydrogen-bond donors (Lipinski definition) is 1. The van der Waals surface area contributed by atoms with Gasteiger partial charge in [-0.1, -0.05) is 6.07 Å². The monoisotopic (exact) mass is 340 g/mol. The van der Waals surface area contributed by atoms with Crippen LogP contribution in [-0.4, -0.2) is 36.8 Å². The van der Waals surface area contributed by atoms with E-state index in [9.17, 15) is 4.79 Å². The molecule has 4 rings (SSSR count). The lowest BCUT2D eigenvalue weighted by Crippen LogP contribution is -2.25. The van der Waals surface area contributed by atoms with Crippen molar-refractivity contribution in [3.05, 3.63) is 46.9 Å². The number of carbonyl (C=O) groups excluding carboxylic acids is 1. The lowest BCUT2D eigenvalue weighted by Gasteiger charge is -2.02. The predicted molar refractivity (Wildman–Crippen MR) is 92.4 cm³/mol. The first-order valence-electron chi connectivity index (χ1n) is 7.63. The number of thiophene rings is 1. The first-order valence-corrected chi connectivity index (χ1v) is 8.45. The second-order valence-corrected chi connectivity index (χ2v) is 6.62. The predicted octanol–water partition coefficient (Wildman–Crippen LogP) is 1.96. The fourth-order valence-corrected chi connectivity index (χ4v) is 3.79. The first kappa shape index (κ1) is 14.8. The van der Waals surface area contributed by atoms with Gasteiger partial charge in [-0.25, -0.2) is 0 Å². The van der Waals surface area contributed by atoms with Crippen molar-refractivity contribution >= 4 is 33.1 Å². The van der Waals surface area contributed by atoms with Crippen LogP contribution in [-0.2, 0) is 13.5 Å². The average molecular weight is 340 g/mol. The zero-order chi connectivity index (χ0) is 16.7. The molecule has 0 unspecified atom stereocenters. The molecule has 7 nitrogen and oxygen atoms in total. The normalized spacial score (nSPS) is 11.4. The Bertz CT molecular complexity index is 1010. The van der Waals surface area contributed by atoms with Crippen molar-refractivity contribution in [2.45, 2.75) is 13.3 Å². The highest BCUT2D eigenvalue weighted by molar-refractivity contribution is 7.20. The topological polar surface area (TPSA) is 77.1 Å². The van der Waals surface area contributed by atoms with Gasteiger partial charge in [-0.3, -0.25) is 13.9 Å². The number of pyridine rings is 1. The minimum Gasteiger partial charge on any atom is -0.351 e. The van der Waals surface area contributed by atoms with Crippen molar-refractivity contribution in [1.82, 2.24) is 29.7 Å². The van der Waals surface area contributed by atoms with Crippen molar-refractivity contribution in [2.75, 3.05) is 6.54 Å². The van der Waals surface area contributed by atoms with E-state index in [1.807, 2.05) is 53.5 Å². The van der Waals surface area contributed by atoms with Gasteiger partial charge in [0.05, 0.1) is 10.6 Å². The fourth-order valence-electron chi connectivity index (χ4n) is 2.75. The van der Waals surface area contributed by atoms with Crippen LogP contribution in [0.3, 0.4) is 0 Å². The van der Waals surface area contributed by atoms with Crippen LogP contribution in [0.1, 0.15) is 21.2 Å². The van der Waals surface area contributed by atoms with Gasteiger partial charge in [0.1, 0.15) is 10.7 Å². The molecule has 0 spiro atoms. The standard InChI is InChI=1S/C16H16N6OS/c1-10-11-9-12(24-16(11)21(2)20-10)15(23)17-7-6-14-19-18-13-5-3-4-8-22(13)14/h3-5,8-9H,6-7H2,1-2H3,(H,17,23). The Morgan fingerprint density at radius 2 is 2.21 bits per heavy atom. The fraction of sp³-hybridized carbons (Fsp3) is 0.250. The van der Waals surface area contributed by atoms with Gasteiger partial charge in [0, 0.05) is 31.6 Å². The van der Waals surface area contributed by atoms with Gasteiger partial charge >= 0.3 is 0 Å². The van der Waals surface area contributed by atoms with Crippen molar-refractivity contribution in [1.29, 1.82) is 0 Å². The van der Waals surface area contributed by atoms with Gasteiger partial charge in [0.25, 0.3) is 5.91 Å². The van der Waals surface area contributed by atoms with Gasteiger partial charge < -0.3 is 5.32 Å². The van der Waals surface area contributed by atoms with E-state index in [1.54, 1.807) is 0 Å². The third kappa shape index (κ3) is 2.44. The number of nitrogens with one attached hydrogen (secondary N) is 1. The van der Waals surface area contributed by atoms with E-state index in [0.717, 1.165) is 27.4 Å². The van der Waals surface area contributed by atoms with Crippen LogP contribution in [0, 0.1) is 6.92 Å². The third-order valence-corrected chi connectivity index (χ3v) is 5.14. The van der Waals surface area contributed by atoms with Gasteiger partial charge in [0.2, 0.25) is 0 Å². The summed E-state index contributed by atoms with van der Waals surface area (Å²) in [6.07, 6.45) is 2.55. The van der Waals surface area contributed by atoms with Crippen molar-refractivity contribution in [3.8, 4) is 0 Å². The zero-order valence-corrected chi connectivity index (χ0v) is 14.2. The summed E-state index contributed by atoms with van der Waals surface area (Å²) in [6.45, 7) is 2.47. The van der Waals surface area contributed by atoms with E-state index >= 15 is 0 Å². The summed E-state index contributed by atoms with van der Waals surface area (Å²) in [6, 6.07) is 7.67. The van der Waals surface area contributed by atoms with Gasteiger partial charge in [-0.15, -0.1) is 21.5 Å². The Morgan fingerprint density at radius 3 is 3.04 bits per heavy atom. The molecule has 122 valence electrons. The summed E-state index contributed by atoms with van der Waals surface area (Å²) in [7, 11) is 1.89. The van der Waals surface area contributed by atoms with E-state index in [0.29, 0.717) is 17.8 Å². The quantitative estimate of drug-likeness (QED) is 0.616. The molecule has 24 heavy (non-hydrogen) atoms. The molecular formula is C16H16N6OS. The smallest absolute Gasteiger partial charge is 0.261 e. The van der Waals surface area contributed by atoms with Crippen molar-refractivity contribution in [3.63, 3.8) is 0 Å². The molecule has 0 saturated heterocycles. The molecule has 1 amide bonds. The summed E-state index contributed by atoms with van der Waals surface area (Å²) in [4.78, 5) is 14.1. The lowest BCUT2D eigenvalue weighted by atomic mass is 10.3. The van der Waals surface area contributed by atoms with Crippen LogP contribution in [0.4, 0.5) is 0 Å². The minimum absolute atomic E-state index is 0.0654. The third-order valence-electron chi connectivity index (χ3n) is 3.94. The number of hydrogen-bond acceptors (Lipinski definition) is 5. The van der Waals surface area contributed by atoms with E-state index in [1.165, 1.54) is 11.3 Å². The number of rotatable bonds is 4. The zero-order valence-electron chi connectivity index (χ0n) is 13.4. The number of amides is 1. The van der Waals surface area contributed by atoms with E-state index in [4.69, 9.17) is 0 Å². The molecule has 0 fully saturated rings. The van der Waals surface area contributed by atoms with Gasteiger partial charge in [-0.05, 0) is 25.1 Å². The molecule has 0 bridgehead atoms. The van der Waals surface area contributed by atoms with Gasteiger partial charge in [0.15, 0.2) is 5.65 Å². The second kappa shape index (κ2) is 5.72. The summed E-state index contributed by atoms with van der Waals surface area (Å²) >= 11 is 1.46. The Labute approximate surface area is 141 Å². The van der Waals surface area contributed by atoms with Crippen LogP contribution in [0.25, 0.3) is 15.9 Å². The first-order chi connectivity index (χ1) is 11.6. The summed E-state index contributed by atoms with van der Waals surface area (Å²) in [5.74, 6) is 0.770. The molecule has 0 aliphatic heterocycles. The molecule has 4 heterocycles. The highest BCUT2D eigenvalue weighted by Crippen LogP contribution is 2.27. The number of aromatic nitrogens is 5. The molecule has 4 aromatic heterocycles. The van der Waals surface area contributed by atoms with E-state index in [-0.39, 0.29) is 5.91 Å². The van der Waals surface area contributed by atoms with E-state index < -0.39 is 0 Å². The number of nitrogens with zero attached hydrogens (tertiary/aromatic N) is 5. The van der Waals surface area contributed by atoms with Crippen molar-refractivity contribution in [2.24, 2.45) is 7.05 Å². The number of aryl methyl sites for hydroxylation is 2. The highest BCUT2D eigenvalue weighted by Gasteiger charge is 2.15. The Balaban J connectivity index is 1.45. The van der Waals surface area contributed by atoms with Crippen LogP contribution >= 0.6 is 11.3 Å². The minimum atomic E-state index is -0.0654. The summed E-state index contributed by atoms with van der Waals surface area (Å²) < 4.78 is 3.75. The molecule has 4 aromatic rings. The maximum absolute atomic E-state index is 12.4. The second-order valence-electron chi connectivity index (χ2n) is 5.59. The molecule has 0 aromatic carbocycles. The van der Waals surface area contributed by atoms with E-state index in [2.05, 4.69) is 20.6 Å². The van der Waals surface area contributed by atoms with Crippen LogP contribution in [0.5, 0.6) is 0 Å². The lowest BCUT2D eigenvalue weighted by molar-refractivity contribution is 0.0958. The molecule has 1 N–H and O–H groups in total. The SMILES string of the molecule is Cc1nn(C)c2sc(C(=O)NCCc3nnc4ccccn34)cc12. The number of carbonyl (C=O) groups is 1. The maximum atomic E-state index is 12.4. The molecule has 8 heteroatoms. The average Bonchev–Trinajstić information content (AvgIpc) is 3.25. The molecule has 0 aliphatic rings. The molecule has 0 saturated carbocycles. The van der Waals surface area contributed by atoms with Gasteiger partial charge in [-0.2, -0.15) is 5.10 Å². The molecule has 0 radical (unpaired) electrons. The molecule has 0 aliphatic carbocycles. The maximum Gasteiger partial charge on any atom is 0.261 e. The highest BCUT2D eigenvalue weighted by atomic mass is 32.1. The van der Waals surface area contributed by atoms with Crippen LogP contribution < -0.4 is 5.32 Å². The Kier molecular flexibility index (Phi) is 3.53. The summed E-state index contributed by atoms with van der Waals surface area (Å²) in [5, 5.41) is 16.6. The molecule has 0 atom stereocenters. The van der Waals surface area contributed by atoms with Crippen LogP contribution in [0.2, 0.25) is 0 Å². The largest absolute Gasteiger partial charge is 0.351 e. The molecular weight excluding hydrogens is 324 g/mol.